The van der Waals surface area contributed by atoms with Crippen LogP contribution in [0.4, 0.5) is 17.6 Å². The lowest BCUT2D eigenvalue weighted by Gasteiger charge is -2.13. The third-order valence-corrected chi connectivity index (χ3v) is 5.94. The number of ether oxygens (including phenoxy) is 2. The average molecular weight is 610 g/mol. The van der Waals surface area contributed by atoms with Crippen molar-refractivity contribution in [3.05, 3.63) is 76.4 Å². The van der Waals surface area contributed by atoms with E-state index in [9.17, 15) is 22.4 Å². The third kappa shape index (κ3) is 17.9. The number of nitrogens with zero attached hydrogens (tertiary/aromatic N) is 2. The summed E-state index contributed by atoms with van der Waals surface area (Å²) in [7, 11) is 1.87. The summed E-state index contributed by atoms with van der Waals surface area (Å²) in [4.78, 5) is 17.9. The van der Waals surface area contributed by atoms with E-state index in [1.54, 1.807) is 13.0 Å². The largest absolute Gasteiger partial charge is 0.435 e. The fourth-order valence-electron chi connectivity index (χ4n) is 3.32. The van der Waals surface area contributed by atoms with Crippen molar-refractivity contribution >= 4 is 18.1 Å². The topological polar surface area (TPSA) is 72.8 Å². The number of carbonyl (C=O) groups excluding carboxylic acids is 1. The van der Waals surface area contributed by atoms with Crippen LogP contribution in [0.2, 0.25) is 0 Å². The molecule has 0 atom stereocenters. The predicted molar refractivity (Wildman–Crippen MR) is 167 cm³/mol. The van der Waals surface area contributed by atoms with Gasteiger partial charge in [0.1, 0.15) is 12.0 Å². The van der Waals surface area contributed by atoms with Gasteiger partial charge in [0.05, 0.1) is 5.70 Å². The molecule has 6 nitrogen and oxygen atoms in total. The fraction of sp³-hybridized carbons (Fsp3) is 0.485. The number of aldehydes is 1. The van der Waals surface area contributed by atoms with Crippen LogP contribution in [0, 0.1) is 5.92 Å². The fourth-order valence-corrected chi connectivity index (χ4v) is 3.32. The van der Waals surface area contributed by atoms with Gasteiger partial charge in [0.25, 0.3) is 0 Å². The highest BCUT2D eigenvalue weighted by Gasteiger charge is 2.13. The molecule has 0 saturated heterocycles. The van der Waals surface area contributed by atoms with Crippen molar-refractivity contribution in [1.29, 1.82) is 0 Å². The molecule has 1 rings (SSSR count). The second-order valence-electron chi connectivity index (χ2n) is 9.81. The summed E-state index contributed by atoms with van der Waals surface area (Å²) in [6.07, 6.45) is 14.6. The first-order chi connectivity index (χ1) is 20.4. The van der Waals surface area contributed by atoms with Crippen LogP contribution in [-0.4, -0.2) is 44.3 Å². The first kappa shape index (κ1) is 39.5. The van der Waals surface area contributed by atoms with Gasteiger partial charge in [-0.05, 0) is 81.5 Å². The molecule has 10 heteroatoms. The molecule has 1 N–H and O–H groups in total. The Kier molecular flexibility index (Phi) is 21.1. The van der Waals surface area contributed by atoms with Gasteiger partial charge in [-0.1, -0.05) is 57.9 Å². The van der Waals surface area contributed by atoms with Crippen LogP contribution in [0.15, 0.2) is 75.8 Å². The summed E-state index contributed by atoms with van der Waals surface area (Å²) < 4.78 is 60.9. The molecule has 0 radical (unpaired) electrons. The molecule has 0 spiro atoms. The highest BCUT2D eigenvalue weighted by Crippen LogP contribution is 2.26. The molecule has 0 bridgehead atoms. The summed E-state index contributed by atoms with van der Waals surface area (Å²) >= 11 is 0. The van der Waals surface area contributed by atoms with E-state index < -0.39 is 13.2 Å². The Morgan fingerprint density at radius 1 is 1.12 bits per heavy atom. The number of pyridine rings is 1. The van der Waals surface area contributed by atoms with Gasteiger partial charge in [-0.3, -0.25) is 4.99 Å². The normalized spacial score (nSPS) is 13.8. The van der Waals surface area contributed by atoms with Gasteiger partial charge in [-0.25, -0.2) is 4.98 Å². The number of allylic oxidation sites excluding steroid dienone is 8. The van der Waals surface area contributed by atoms with Gasteiger partial charge in [-0.2, -0.15) is 17.6 Å². The molecule has 1 aromatic heterocycles. The lowest BCUT2D eigenvalue weighted by Crippen LogP contribution is -2.09. The Morgan fingerprint density at radius 2 is 1.79 bits per heavy atom. The predicted octanol–water partition coefficient (Wildman–Crippen LogP) is 9.09. The van der Waals surface area contributed by atoms with Gasteiger partial charge in [0.2, 0.25) is 5.88 Å². The van der Waals surface area contributed by atoms with Crippen molar-refractivity contribution in [2.45, 2.75) is 87.4 Å². The quantitative estimate of drug-likeness (QED) is 0.0627. The van der Waals surface area contributed by atoms with Crippen LogP contribution in [0.1, 0.15) is 79.7 Å². The highest BCUT2D eigenvalue weighted by atomic mass is 19.3. The van der Waals surface area contributed by atoms with Crippen LogP contribution in [0.3, 0.4) is 0 Å². The highest BCUT2D eigenvalue weighted by molar-refractivity contribution is 5.80. The Bertz CT molecular complexity index is 1150. The average Bonchev–Trinajstić information content (AvgIpc) is 2.97. The van der Waals surface area contributed by atoms with Crippen molar-refractivity contribution in [3.8, 4) is 5.88 Å². The van der Waals surface area contributed by atoms with Crippen molar-refractivity contribution in [2.24, 2.45) is 10.9 Å². The number of unbranched alkanes of at least 4 members (excludes halogenated alkanes) is 1. The number of hydrogen-bond acceptors (Lipinski definition) is 6. The zero-order valence-electron chi connectivity index (χ0n) is 26.6. The van der Waals surface area contributed by atoms with Gasteiger partial charge >= 0.3 is 13.2 Å². The van der Waals surface area contributed by atoms with Gasteiger partial charge < -0.3 is 19.6 Å². The number of nitrogens with one attached hydrogen (secondary N) is 1. The lowest BCUT2D eigenvalue weighted by molar-refractivity contribution is -0.110. The smallest absolute Gasteiger partial charge is 0.388 e. The minimum Gasteiger partial charge on any atom is -0.435 e. The SMILES string of the molecule is CC(C)C=O.C\C=C(/C=N/C(=C/CCC)CNC)CC(/C=C\C(OC(F)F)=C(/C)c1ccnc(OC(F)F)c1)=C(/C)CC. The Labute approximate surface area is 254 Å². The molecule has 0 saturated carbocycles. The molecule has 0 amide bonds. The Morgan fingerprint density at radius 3 is 2.30 bits per heavy atom. The minimum absolute atomic E-state index is 0.0925. The number of carbonyl (C=O) groups is 1. The van der Waals surface area contributed by atoms with Gasteiger partial charge in [-0.15, -0.1) is 0 Å². The second kappa shape index (κ2) is 23.0. The molecule has 0 aliphatic heterocycles. The molecular weight excluding hydrogens is 562 g/mol. The van der Waals surface area contributed by atoms with E-state index in [1.165, 1.54) is 24.4 Å². The van der Waals surface area contributed by atoms with Gasteiger partial charge in [0.15, 0.2) is 0 Å². The summed E-state index contributed by atoms with van der Waals surface area (Å²) in [5.74, 6) is -0.206. The number of likely N-dealkylation sites (N-methyl/N-ethyl adjacent to an activating group) is 1. The van der Waals surface area contributed by atoms with E-state index in [0.717, 1.165) is 48.0 Å². The van der Waals surface area contributed by atoms with Gasteiger partial charge in [0, 0.05) is 30.9 Å². The first-order valence-electron chi connectivity index (χ1n) is 14.3. The van der Waals surface area contributed by atoms with E-state index in [1.807, 2.05) is 54.0 Å². The summed E-state index contributed by atoms with van der Waals surface area (Å²) in [6, 6.07) is 2.76. The van der Waals surface area contributed by atoms with Crippen LogP contribution >= 0.6 is 0 Å². The number of rotatable bonds is 17. The molecular formula is C33H47F4N3O3. The zero-order valence-corrected chi connectivity index (χ0v) is 26.6. The number of halogens is 4. The maximum absolute atomic E-state index is 13.3. The molecule has 43 heavy (non-hydrogen) atoms. The number of aromatic nitrogens is 1. The molecule has 0 aliphatic rings. The van der Waals surface area contributed by atoms with Crippen LogP contribution in [0.25, 0.3) is 5.57 Å². The third-order valence-electron chi connectivity index (χ3n) is 5.94. The van der Waals surface area contributed by atoms with Crippen molar-refractivity contribution in [1.82, 2.24) is 10.3 Å². The van der Waals surface area contributed by atoms with E-state index >= 15 is 0 Å². The number of aliphatic imine (C=N–C) groups is 1. The first-order valence-corrected chi connectivity index (χ1v) is 14.3. The van der Waals surface area contributed by atoms with Crippen LogP contribution in [-0.2, 0) is 9.53 Å². The van der Waals surface area contributed by atoms with Crippen molar-refractivity contribution in [2.75, 3.05) is 13.6 Å². The van der Waals surface area contributed by atoms with E-state index in [-0.39, 0.29) is 17.6 Å². The molecule has 1 aromatic rings. The summed E-state index contributed by atoms with van der Waals surface area (Å²) in [5, 5.41) is 3.12. The Hall–Kier alpha value is -3.53. The number of hydrogen-bond donors (Lipinski definition) is 1. The van der Waals surface area contributed by atoms with E-state index in [2.05, 4.69) is 33.0 Å². The van der Waals surface area contributed by atoms with E-state index in [0.29, 0.717) is 24.1 Å². The van der Waals surface area contributed by atoms with Crippen LogP contribution in [0.5, 0.6) is 5.88 Å². The molecule has 0 aliphatic carbocycles. The molecule has 1 heterocycles. The van der Waals surface area contributed by atoms with Crippen molar-refractivity contribution in [3.63, 3.8) is 0 Å². The lowest BCUT2D eigenvalue weighted by atomic mass is 9.98. The maximum atomic E-state index is 13.3. The molecule has 0 aromatic carbocycles. The number of alkyl halides is 4. The molecule has 240 valence electrons. The molecule has 0 unspecified atom stereocenters. The zero-order chi connectivity index (χ0) is 32.8. The van der Waals surface area contributed by atoms with Crippen molar-refractivity contribution < 1.29 is 31.8 Å². The minimum atomic E-state index is -3.07. The summed E-state index contributed by atoms with van der Waals surface area (Å²) in [6.45, 7) is 7.85. The maximum Gasteiger partial charge on any atom is 0.388 e. The standard InChI is InChI=1S/C29H39F4N3O2.C4H8O/c1-7-10-11-25(19-34-6)36-18-22(9-3)16-23(20(4)8-2)12-13-26(37-28(30)31)21(5)24-14-15-35-27(17-24)38-29(32)33;1-4(2)3-5/h9,11-15,17-18,28-29,34H,7-8,10,16,19H2,1-6H3;3-4H,1-2H3/b13-12-,22-9-,23-20-,25-11+,26-21-,36-18+;. The second-order valence-corrected chi connectivity index (χ2v) is 9.81. The van der Waals surface area contributed by atoms with E-state index in [4.69, 9.17) is 4.74 Å². The summed E-state index contributed by atoms with van der Waals surface area (Å²) in [5.41, 5.74) is 4.61. The monoisotopic (exact) mass is 609 g/mol. The molecule has 0 fully saturated rings. The van der Waals surface area contributed by atoms with Crippen LogP contribution < -0.4 is 10.1 Å². The Balaban J connectivity index is 0.00000324.